The van der Waals surface area contributed by atoms with E-state index in [0.29, 0.717) is 34.2 Å². The van der Waals surface area contributed by atoms with E-state index in [1.165, 1.54) is 51.4 Å². The summed E-state index contributed by atoms with van der Waals surface area (Å²) in [7, 11) is 0. The number of carbonyl (C=O) groups excluding carboxylic acids is 1. The second kappa shape index (κ2) is 10.6. The molecule has 0 aromatic carbocycles. The van der Waals surface area contributed by atoms with Gasteiger partial charge in [-0.3, -0.25) is 0 Å². The molecule has 1 amide bonds. The minimum atomic E-state index is -0.162. The third kappa shape index (κ3) is 4.29. The van der Waals surface area contributed by atoms with Crippen LogP contribution in [0.1, 0.15) is 106 Å². The van der Waals surface area contributed by atoms with Crippen LogP contribution in [-0.4, -0.2) is 74.5 Å². The average molecular weight is 613 g/mol. The van der Waals surface area contributed by atoms with Gasteiger partial charge >= 0.3 is 6.09 Å². The Bertz CT molecular complexity index is 1120. The van der Waals surface area contributed by atoms with Crippen molar-refractivity contribution in [3.8, 4) is 0 Å². The maximum atomic E-state index is 12.9. The highest BCUT2D eigenvalue weighted by Gasteiger charge is 2.81. The van der Waals surface area contributed by atoms with Crippen LogP contribution in [-0.2, 0) is 18.9 Å². The maximum Gasteiger partial charge on any atom is 0.410 e. The standard InChI is InChI=1S/C37H60N2O5/c1-22(2)32(44-33(40)39-15-7-16-39)27-18-23(3)31-26(42-27)19-25-24-8-9-28-34(4,5)29(43-30-20-38-14-17-41-30)10-11-37(28)21-36(24,37)13-12-35(25,31)6/h22-32,38H,7-21H2,1-6H3/t23-,24?,25?,26?,27?,28?,29?,30?,31+,32?,35?,36?,37?/m1/s1. The summed E-state index contributed by atoms with van der Waals surface area (Å²) >= 11 is 0. The predicted molar refractivity (Wildman–Crippen MR) is 169 cm³/mol. The van der Waals surface area contributed by atoms with Crippen LogP contribution in [0.4, 0.5) is 4.79 Å². The van der Waals surface area contributed by atoms with Gasteiger partial charge in [-0.25, -0.2) is 4.79 Å². The molecule has 3 saturated heterocycles. The van der Waals surface area contributed by atoms with E-state index in [0.717, 1.165) is 63.4 Å². The number of nitrogens with one attached hydrogen (secondary N) is 1. The molecule has 2 spiro atoms. The quantitative estimate of drug-likeness (QED) is 0.376. The van der Waals surface area contributed by atoms with E-state index in [1.807, 2.05) is 4.90 Å². The first-order valence-electron chi connectivity index (χ1n) is 18.6. The maximum absolute atomic E-state index is 12.9. The van der Waals surface area contributed by atoms with E-state index in [1.54, 1.807) is 0 Å². The Labute approximate surface area is 266 Å². The molecule has 0 aromatic rings. The molecular weight excluding hydrogens is 552 g/mol. The molecule has 1 N–H and O–H groups in total. The molecule has 8 fully saturated rings. The highest BCUT2D eigenvalue weighted by Crippen LogP contribution is 2.87. The lowest BCUT2D eigenvalue weighted by Crippen LogP contribution is -2.56. The monoisotopic (exact) mass is 612 g/mol. The molecule has 5 saturated carbocycles. The van der Waals surface area contributed by atoms with Crippen LogP contribution < -0.4 is 5.32 Å². The van der Waals surface area contributed by atoms with Crippen LogP contribution in [0, 0.1) is 57.2 Å². The summed E-state index contributed by atoms with van der Waals surface area (Å²) in [5, 5.41) is 3.46. The van der Waals surface area contributed by atoms with Gasteiger partial charge in [-0.05, 0) is 121 Å². The number of ether oxygens (including phenoxy) is 4. The van der Waals surface area contributed by atoms with Crippen LogP contribution in [0.3, 0.4) is 0 Å². The zero-order chi connectivity index (χ0) is 30.6. The molecule has 8 aliphatic rings. The first-order chi connectivity index (χ1) is 21.0. The molecule has 5 aliphatic carbocycles. The number of rotatable bonds is 5. The second-order valence-electron chi connectivity index (χ2n) is 17.9. The third-order valence-electron chi connectivity index (χ3n) is 15.5. The van der Waals surface area contributed by atoms with E-state index < -0.39 is 0 Å². The zero-order valence-electron chi connectivity index (χ0n) is 28.4. The molecule has 44 heavy (non-hydrogen) atoms. The molecule has 11 unspecified atom stereocenters. The normalized spacial score (nSPS) is 51.2. The second-order valence-corrected chi connectivity index (χ2v) is 17.9. The molecule has 7 heteroatoms. The minimum absolute atomic E-state index is 0.0108. The van der Waals surface area contributed by atoms with E-state index in [4.69, 9.17) is 18.9 Å². The highest BCUT2D eigenvalue weighted by atomic mass is 16.7. The number of fused-ring (bicyclic) bond motifs is 4. The summed E-state index contributed by atoms with van der Waals surface area (Å²) in [5.74, 6) is 3.81. The van der Waals surface area contributed by atoms with Crippen molar-refractivity contribution in [2.45, 2.75) is 136 Å². The number of nitrogens with zero attached hydrogens (tertiary/aromatic N) is 1. The molecule has 0 aromatic heterocycles. The van der Waals surface area contributed by atoms with Crippen molar-refractivity contribution in [2.24, 2.45) is 57.2 Å². The van der Waals surface area contributed by atoms with Gasteiger partial charge in [0.05, 0.1) is 24.9 Å². The summed E-state index contributed by atoms with van der Waals surface area (Å²) in [4.78, 5) is 14.7. The molecule has 0 bridgehead atoms. The van der Waals surface area contributed by atoms with Gasteiger partial charge in [-0.2, -0.15) is 0 Å². The fourth-order valence-electron chi connectivity index (χ4n) is 13.4. The van der Waals surface area contributed by atoms with Crippen LogP contribution in [0.2, 0.25) is 0 Å². The summed E-state index contributed by atoms with van der Waals surface area (Å²) in [6, 6.07) is 0. The van der Waals surface area contributed by atoms with Crippen molar-refractivity contribution in [3.05, 3.63) is 0 Å². The van der Waals surface area contributed by atoms with Crippen molar-refractivity contribution < 1.29 is 23.7 Å². The van der Waals surface area contributed by atoms with Gasteiger partial charge in [0.2, 0.25) is 0 Å². The summed E-state index contributed by atoms with van der Waals surface area (Å²) in [5.41, 5.74) is 1.60. The predicted octanol–water partition coefficient (Wildman–Crippen LogP) is 6.64. The molecule has 3 heterocycles. The fraction of sp³-hybridized carbons (Fsp3) is 0.973. The smallest absolute Gasteiger partial charge is 0.410 e. The number of carbonyl (C=O) groups is 1. The van der Waals surface area contributed by atoms with Crippen LogP contribution in [0.25, 0.3) is 0 Å². The van der Waals surface area contributed by atoms with Gasteiger partial charge in [0.1, 0.15) is 6.10 Å². The van der Waals surface area contributed by atoms with Crippen LogP contribution >= 0.6 is 0 Å². The van der Waals surface area contributed by atoms with E-state index >= 15 is 0 Å². The Hall–Kier alpha value is -0.890. The van der Waals surface area contributed by atoms with Crippen molar-refractivity contribution in [1.82, 2.24) is 10.2 Å². The van der Waals surface area contributed by atoms with Crippen molar-refractivity contribution >= 4 is 6.09 Å². The Kier molecular flexibility index (Phi) is 7.30. The van der Waals surface area contributed by atoms with Gasteiger partial charge in [0.25, 0.3) is 0 Å². The number of hydrogen-bond acceptors (Lipinski definition) is 6. The fourth-order valence-corrected chi connectivity index (χ4v) is 13.4. The summed E-state index contributed by atoms with van der Waals surface area (Å²) in [6.07, 6.45) is 13.0. The largest absolute Gasteiger partial charge is 0.443 e. The topological polar surface area (TPSA) is 69.3 Å². The minimum Gasteiger partial charge on any atom is -0.443 e. The SMILES string of the molecule is CC(C)C(OC(=O)N1CCC1)C1C[C@@H](C)[C@H]2C(CC3C4CCC5C(C)(C)C(OC6CNCCO6)CCC56CC46CCC32C)O1. The molecule has 13 atom stereocenters. The number of amides is 1. The Morgan fingerprint density at radius 3 is 2.52 bits per heavy atom. The first kappa shape index (κ1) is 30.4. The summed E-state index contributed by atoms with van der Waals surface area (Å²) in [6.45, 7) is 18.8. The first-order valence-corrected chi connectivity index (χ1v) is 18.6. The third-order valence-corrected chi connectivity index (χ3v) is 15.5. The van der Waals surface area contributed by atoms with E-state index in [9.17, 15) is 4.79 Å². The molecule has 0 radical (unpaired) electrons. The van der Waals surface area contributed by atoms with Gasteiger partial charge in [-0.1, -0.05) is 41.5 Å². The van der Waals surface area contributed by atoms with Crippen molar-refractivity contribution in [1.29, 1.82) is 0 Å². The highest BCUT2D eigenvalue weighted by molar-refractivity contribution is 5.68. The Morgan fingerprint density at radius 1 is 1.00 bits per heavy atom. The van der Waals surface area contributed by atoms with Crippen molar-refractivity contribution in [2.75, 3.05) is 32.8 Å². The van der Waals surface area contributed by atoms with Gasteiger partial charge in [-0.15, -0.1) is 0 Å². The molecular formula is C37H60N2O5. The van der Waals surface area contributed by atoms with Gasteiger partial charge < -0.3 is 29.2 Å². The lowest BCUT2D eigenvalue weighted by Gasteiger charge is -2.60. The molecule has 3 aliphatic heterocycles. The number of hydrogen-bond donors (Lipinski definition) is 1. The lowest BCUT2D eigenvalue weighted by atomic mass is 9.46. The zero-order valence-corrected chi connectivity index (χ0v) is 28.4. The van der Waals surface area contributed by atoms with Crippen molar-refractivity contribution in [3.63, 3.8) is 0 Å². The number of likely N-dealkylation sites (tertiary alicyclic amines) is 1. The van der Waals surface area contributed by atoms with E-state index in [2.05, 4.69) is 46.9 Å². The number of morpholine rings is 1. The average Bonchev–Trinajstić information content (AvgIpc) is 3.52. The van der Waals surface area contributed by atoms with E-state index in [-0.39, 0.29) is 42.0 Å². The molecule has 248 valence electrons. The van der Waals surface area contributed by atoms with Gasteiger partial charge in [0, 0.05) is 26.2 Å². The lowest BCUT2D eigenvalue weighted by molar-refractivity contribution is -0.232. The Balaban J connectivity index is 0.991. The van der Waals surface area contributed by atoms with Crippen LogP contribution in [0.5, 0.6) is 0 Å². The molecule has 7 nitrogen and oxygen atoms in total. The van der Waals surface area contributed by atoms with Gasteiger partial charge in [0.15, 0.2) is 6.29 Å². The summed E-state index contributed by atoms with van der Waals surface area (Å²) < 4.78 is 26.0. The molecule has 8 rings (SSSR count). The van der Waals surface area contributed by atoms with Crippen LogP contribution in [0.15, 0.2) is 0 Å². The Morgan fingerprint density at radius 2 is 1.82 bits per heavy atom.